The second-order valence-corrected chi connectivity index (χ2v) is 6.51. The molecular weight excluding hydrogens is 286 g/mol. The average molecular weight is 307 g/mol. The van der Waals surface area contributed by atoms with Crippen molar-refractivity contribution in [2.45, 2.75) is 49.5 Å². The highest BCUT2D eigenvalue weighted by Gasteiger charge is 2.36. The van der Waals surface area contributed by atoms with E-state index >= 15 is 0 Å². The van der Waals surface area contributed by atoms with Crippen LogP contribution in [0.5, 0.6) is 0 Å². The normalized spacial score (nSPS) is 17.3. The second-order valence-electron chi connectivity index (χ2n) is 5.45. The van der Waals surface area contributed by atoms with Gasteiger partial charge in [-0.25, -0.2) is 0 Å². The maximum absolute atomic E-state index is 12.6. The predicted octanol–water partition coefficient (Wildman–Crippen LogP) is 3.03. The first-order valence-corrected chi connectivity index (χ1v) is 8.25. The van der Waals surface area contributed by atoms with E-state index < -0.39 is 11.5 Å². The summed E-state index contributed by atoms with van der Waals surface area (Å²) in [4.78, 5) is 24.8. The molecule has 0 bridgehead atoms. The topological polar surface area (TPSA) is 66.4 Å². The van der Waals surface area contributed by atoms with Crippen molar-refractivity contribution in [1.82, 2.24) is 5.32 Å². The third-order valence-electron chi connectivity index (χ3n) is 4.25. The molecule has 1 heterocycles. The SMILES string of the molecule is CCC(CC)(CC(=O)O)NC(=O)C1CSc2ccccc21. The van der Waals surface area contributed by atoms with Gasteiger partial charge in [0.25, 0.3) is 0 Å². The van der Waals surface area contributed by atoms with Crippen molar-refractivity contribution < 1.29 is 14.7 Å². The minimum atomic E-state index is -0.875. The number of carboxylic acid groups (broad SMARTS) is 1. The molecule has 1 amide bonds. The van der Waals surface area contributed by atoms with Gasteiger partial charge in [0.05, 0.1) is 12.3 Å². The molecule has 0 aromatic heterocycles. The number of carboxylic acids is 1. The van der Waals surface area contributed by atoms with Crippen LogP contribution in [0.2, 0.25) is 0 Å². The van der Waals surface area contributed by atoms with Gasteiger partial charge in [0.15, 0.2) is 0 Å². The van der Waals surface area contributed by atoms with Gasteiger partial charge in [-0.15, -0.1) is 11.8 Å². The Bertz CT molecular complexity index is 540. The highest BCUT2D eigenvalue weighted by Crippen LogP contribution is 2.39. The summed E-state index contributed by atoms with van der Waals surface area (Å²) in [5, 5.41) is 12.1. The lowest BCUT2D eigenvalue weighted by atomic mass is 9.87. The number of nitrogens with one attached hydrogen (secondary N) is 1. The summed E-state index contributed by atoms with van der Waals surface area (Å²) in [7, 11) is 0. The van der Waals surface area contributed by atoms with Crippen LogP contribution in [0.15, 0.2) is 29.2 Å². The summed E-state index contributed by atoms with van der Waals surface area (Å²) in [5.41, 5.74) is 0.405. The third-order valence-corrected chi connectivity index (χ3v) is 5.43. The lowest BCUT2D eigenvalue weighted by Gasteiger charge is -2.32. The number of carbonyl (C=O) groups excluding carboxylic acids is 1. The quantitative estimate of drug-likeness (QED) is 0.848. The average Bonchev–Trinajstić information content (AvgIpc) is 2.90. The minimum absolute atomic E-state index is 0.0345. The molecule has 1 aliphatic heterocycles. The van der Waals surface area contributed by atoms with Crippen LogP contribution in [0.1, 0.15) is 44.6 Å². The number of thioether (sulfide) groups is 1. The monoisotopic (exact) mass is 307 g/mol. The molecule has 0 spiro atoms. The van der Waals surface area contributed by atoms with Crippen molar-refractivity contribution in [2.75, 3.05) is 5.75 Å². The van der Waals surface area contributed by atoms with E-state index in [0.29, 0.717) is 12.8 Å². The molecule has 1 aliphatic rings. The molecule has 4 nitrogen and oxygen atoms in total. The lowest BCUT2D eigenvalue weighted by Crippen LogP contribution is -2.50. The van der Waals surface area contributed by atoms with Crippen LogP contribution in [-0.2, 0) is 9.59 Å². The summed E-state index contributed by atoms with van der Waals surface area (Å²) in [6.07, 6.45) is 1.19. The fraction of sp³-hybridized carbons (Fsp3) is 0.500. The molecule has 0 radical (unpaired) electrons. The summed E-state index contributed by atoms with van der Waals surface area (Å²) < 4.78 is 0. The van der Waals surface area contributed by atoms with E-state index in [-0.39, 0.29) is 18.2 Å². The van der Waals surface area contributed by atoms with E-state index in [1.165, 1.54) is 0 Å². The van der Waals surface area contributed by atoms with Crippen LogP contribution in [0.25, 0.3) is 0 Å². The fourth-order valence-electron chi connectivity index (χ4n) is 2.74. The zero-order valence-electron chi connectivity index (χ0n) is 12.4. The van der Waals surface area contributed by atoms with Gasteiger partial charge < -0.3 is 10.4 Å². The van der Waals surface area contributed by atoms with Crippen molar-refractivity contribution in [3.05, 3.63) is 29.8 Å². The molecule has 0 aliphatic carbocycles. The van der Waals surface area contributed by atoms with Gasteiger partial charge in [-0.05, 0) is 24.5 Å². The number of benzene rings is 1. The van der Waals surface area contributed by atoms with Gasteiger partial charge >= 0.3 is 5.97 Å². The van der Waals surface area contributed by atoms with Gasteiger partial charge in [-0.3, -0.25) is 9.59 Å². The number of rotatable bonds is 6. The summed E-state index contributed by atoms with van der Waals surface area (Å²) in [6, 6.07) is 7.92. The van der Waals surface area contributed by atoms with Gasteiger partial charge in [-0.2, -0.15) is 0 Å². The molecule has 1 aromatic carbocycles. The lowest BCUT2D eigenvalue weighted by molar-refractivity contribution is -0.139. The maximum atomic E-state index is 12.6. The van der Waals surface area contributed by atoms with E-state index in [4.69, 9.17) is 5.11 Å². The molecule has 0 saturated carbocycles. The van der Waals surface area contributed by atoms with E-state index in [1.807, 2.05) is 38.1 Å². The molecule has 0 fully saturated rings. The molecule has 21 heavy (non-hydrogen) atoms. The first-order valence-electron chi connectivity index (χ1n) is 7.27. The van der Waals surface area contributed by atoms with Gasteiger partial charge in [0.2, 0.25) is 5.91 Å². The fourth-order valence-corrected chi connectivity index (χ4v) is 3.97. The Morgan fingerprint density at radius 1 is 1.33 bits per heavy atom. The van der Waals surface area contributed by atoms with Crippen molar-refractivity contribution in [2.24, 2.45) is 0 Å². The van der Waals surface area contributed by atoms with Crippen LogP contribution >= 0.6 is 11.8 Å². The number of fused-ring (bicyclic) bond motifs is 1. The first kappa shape index (κ1) is 15.9. The van der Waals surface area contributed by atoms with Crippen LogP contribution in [0.4, 0.5) is 0 Å². The Morgan fingerprint density at radius 2 is 2.00 bits per heavy atom. The second kappa shape index (κ2) is 6.52. The first-order chi connectivity index (χ1) is 10.0. The highest BCUT2D eigenvalue weighted by molar-refractivity contribution is 7.99. The Morgan fingerprint density at radius 3 is 2.62 bits per heavy atom. The van der Waals surface area contributed by atoms with Crippen LogP contribution in [0.3, 0.4) is 0 Å². The van der Waals surface area contributed by atoms with Gasteiger partial charge in [-0.1, -0.05) is 32.0 Å². The molecule has 1 unspecified atom stereocenters. The minimum Gasteiger partial charge on any atom is -0.481 e. The summed E-state index contributed by atoms with van der Waals surface area (Å²) in [6.45, 7) is 3.84. The van der Waals surface area contributed by atoms with E-state index in [1.54, 1.807) is 11.8 Å². The Kier molecular flexibility index (Phi) is 4.93. The van der Waals surface area contributed by atoms with Crippen LogP contribution < -0.4 is 5.32 Å². The molecule has 1 atom stereocenters. The largest absolute Gasteiger partial charge is 0.481 e. The molecule has 114 valence electrons. The van der Waals surface area contributed by atoms with Crippen LogP contribution in [0, 0.1) is 0 Å². The zero-order valence-corrected chi connectivity index (χ0v) is 13.2. The van der Waals surface area contributed by atoms with E-state index in [2.05, 4.69) is 5.32 Å². The molecule has 1 aromatic rings. The van der Waals surface area contributed by atoms with E-state index in [9.17, 15) is 9.59 Å². The molecule has 5 heteroatoms. The number of hydrogen-bond donors (Lipinski definition) is 2. The standard InChI is InChI=1S/C16H21NO3S/c1-3-16(4-2,9-14(18)19)17-15(20)12-10-21-13-8-6-5-7-11(12)13/h5-8,12H,3-4,9-10H2,1-2H3,(H,17,20)(H,18,19). The number of amides is 1. The van der Waals surface area contributed by atoms with Crippen molar-refractivity contribution in [3.63, 3.8) is 0 Å². The Labute approximate surface area is 129 Å². The Hall–Kier alpha value is -1.49. The molecule has 2 N–H and O–H groups in total. The number of carbonyl (C=O) groups is 2. The van der Waals surface area contributed by atoms with Crippen molar-refractivity contribution in [1.29, 1.82) is 0 Å². The van der Waals surface area contributed by atoms with Crippen molar-refractivity contribution in [3.8, 4) is 0 Å². The van der Waals surface area contributed by atoms with Gasteiger partial charge in [0, 0.05) is 16.2 Å². The smallest absolute Gasteiger partial charge is 0.305 e. The summed E-state index contributed by atoms with van der Waals surface area (Å²) in [5.74, 6) is -0.392. The summed E-state index contributed by atoms with van der Waals surface area (Å²) >= 11 is 1.68. The highest BCUT2D eigenvalue weighted by atomic mass is 32.2. The third kappa shape index (κ3) is 3.40. The molecular formula is C16H21NO3S. The molecule has 0 saturated heterocycles. The van der Waals surface area contributed by atoms with E-state index in [0.717, 1.165) is 16.2 Å². The van der Waals surface area contributed by atoms with Crippen molar-refractivity contribution >= 4 is 23.6 Å². The molecule has 2 rings (SSSR count). The van der Waals surface area contributed by atoms with Gasteiger partial charge in [0.1, 0.15) is 0 Å². The predicted molar refractivity (Wildman–Crippen MR) is 83.6 cm³/mol. The maximum Gasteiger partial charge on any atom is 0.305 e. The van der Waals surface area contributed by atoms with Crippen LogP contribution in [-0.4, -0.2) is 28.3 Å². The number of hydrogen-bond acceptors (Lipinski definition) is 3. The Balaban J connectivity index is 2.15. The number of aliphatic carboxylic acids is 1. The zero-order chi connectivity index (χ0) is 15.5.